The predicted molar refractivity (Wildman–Crippen MR) is 94.4 cm³/mol. The zero-order valence-electron chi connectivity index (χ0n) is 13.9. The summed E-state index contributed by atoms with van der Waals surface area (Å²) < 4.78 is 10.8. The second-order valence-electron chi connectivity index (χ2n) is 6.00. The van der Waals surface area contributed by atoms with E-state index < -0.39 is 0 Å². The Bertz CT molecular complexity index is 891. The van der Waals surface area contributed by atoms with Crippen molar-refractivity contribution in [3.05, 3.63) is 48.2 Å². The fourth-order valence-electron chi connectivity index (χ4n) is 3.06. The molecular weight excluding hydrogens is 338 g/mol. The van der Waals surface area contributed by atoms with Gasteiger partial charge in [-0.2, -0.15) is 0 Å². The van der Waals surface area contributed by atoms with E-state index in [4.69, 9.17) is 8.83 Å². The molecule has 1 aromatic carbocycles. The fraction of sp³-hybridized carbons (Fsp3) is 0.278. The highest BCUT2D eigenvalue weighted by Gasteiger charge is 2.34. The maximum Gasteiger partial charge on any atom is 0.284 e. The van der Waals surface area contributed by atoms with Gasteiger partial charge < -0.3 is 13.7 Å². The van der Waals surface area contributed by atoms with Gasteiger partial charge in [0, 0.05) is 11.7 Å². The topological polar surface area (TPSA) is 72.4 Å². The standard InChI is InChI=1S/C18H17N3O3S/c1-11-10-13-6-3-4-7-14(13)21(11)17(22)12(2)25-18-20-19-16(24-18)15-8-5-9-23-15/h3-9,11-12H,10H2,1-2H3/t11-,12+/m1/s1. The summed E-state index contributed by atoms with van der Waals surface area (Å²) in [4.78, 5) is 14.8. The summed E-state index contributed by atoms with van der Waals surface area (Å²) in [5.74, 6) is 0.868. The second kappa shape index (κ2) is 6.40. The van der Waals surface area contributed by atoms with Crippen LogP contribution in [0.25, 0.3) is 11.7 Å². The summed E-state index contributed by atoms with van der Waals surface area (Å²) >= 11 is 1.26. The number of furan rings is 1. The second-order valence-corrected chi connectivity index (χ2v) is 7.29. The van der Waals surface area contributed by atoms with E-state index in [0.717, 1.165) is 12.1 Å². The first kappa shape index (κ1) is 16.0. The van der Waals surface area contributed by atoms with Crippen LogP contribution in [-0.2, 0) is 11.2 Å². The minimum absolute atomic E-state index is 0.0419. The minimum Gasteiger partial charge on any atom is -0.459 e. The van der Waals surface area contributed by atoms with Crippen molar-refractivity contribution >= 4 is 23.4 Å². The molecule has 25 heavy (non-hydrogen) atoms. The van der Waals surface area contributed by atoms with Crippen molar-refractivity contribution in [2.75, 3.05) is 4.90 Å². The molecule has 1 aliphatic heterocycles. The number of hydrogen-bond donors (Lipinski definition) is 0. The zero-order valence-corrected chi connectivity index (χ0v) is 14.7. The van der Waals surface area contributed by atoms with E-state index in [2.05, 4.69) is 23.2 Å². The number of para-hydroxylation sites is 1. The lowest BCUT2D eigenvalue weighted by molar-refractivity contribution is -0.118. The Morgan fingerprint density at radius 2 is 2.12 bits per heavy atom. The Morgan fingerprint density at radius 3 is 2.92 bits per heavy atom. The number of rotatable bonds is 4. The molecule has 0 bridgehead atoms. The van der Waals surface area contributed by atoms with Crippen molar-refractivity contribution in [1.82, 2.24) is 10.2 Å². The molecule has 6 nitrogen and oxygen atoms in total. The quantitative estimate of drug-likeness (QED) is 0.663. The van der Waals surface area contributed by atoms with Gasteiger partial charge in [0.25, 0.3) is 11.1 Å². The molecule has 0 N–H and O–H groups in total. The van der Waals surface area contributed by atoms with Crippen molar-refractivity contribution in [3.63, 3.8) is 0 Å². The lowest BCUT2D eigenvalue weighted by Gasteiger charge is -2.25. The molecule has 2 aromatic heterocycles. The van der Waals surface area contributed by atoms with E-state index in [-0.39, 0.29) is 17.2 Å². The van der Waals surface area contributed by atoms with E-state index in [9.17, 15) is 4.79 Å². The van der Waals surface area contributed by atoms with Gasteiger partial charge in [0.15, 0.2) is 5.76 Å². The lowest BCUT2D eigenvalue weighted by Crippen LogP contribution is -2.40. The van der Waals surface area contributed by atoms with E-state index in [1.54, 1.807) is 18.4 Å². The molecule has 0 aliphatic carbocycles. The van der Waals surface area contributed by atoms with Crippen molar-refractivity contribution in [2.24, 2.45) is 0 Å². The van der Waals surface area contributed by atoms with Gasteiger partial charge in [0.05, 0.1) is 11.5 Å². The summed E-state index contributed by atoms with van der Waals surface area (Å²) in [7, 11) is 0. The minimum atomic E-state index is -0.335. The molecule has 0 fully saturated rings. The van der Waals surface area contributed by atoms with Crippen LogP contribution < -0.4 is 4.90 Å². The average molecular weight is 355 g/mol. The fourth-order valence-corrected chi connectivity index (χ4v) is 3.79. The Hall–Kier alpha value is -2.54. The van der Waals surface area contributed by atoms with Gasteiger partial charge in [-0.15, -0.1) is 10.2 Å². The highest BCUT2D eigenvalue weighted by atomic mass is 32.2. The summed E-state index contributed by atoms with van der Waals surface area (Å²) in [5, 5.41) is 7.98. The van der Waals surface area contributed by atoms with Crippen molar-refractivity contribution < 1.29 is 13.6 Å². The highest BCUT2D eigenvalue weighted by molar-refractivity contribution is 8.00. The molecule has 1 amide bonds. The summed E-state index contributed by atoms with van der Waals surface area (Å²) in [6.07, 6.45) is 2.42. The molecule has 0 unspecified atom stereocenters. The number of fused-ring (bicyclic) bond motifs is 1. The van der Waals surface area contributed by atoms with Gasteiger partial charge in [-0.25, -0.2) is 0 Å². The number of carbonyl (C=O) groups is 1. The number of benzene rings is 1. The molecule has 0 saturated carbocycles. The lowest BCUT2D eigenvalue weighted by atomic mass is 10.1. The van der Waals surface area contributed by atoms with Gasteiger partial charge >= 0.3 is 0 Å². The molecule has 0 saturated heterocycles. The van der Waals surface area contributed by atoms with Crippen LogP contribution in [0.5, 0.6) is 0 Å². The third kappa shape index (κ3) is 2.95. The molecule has 3 aromatic rings. The number of aromatic nitrogens is 2. The van der Waals surface area contributed by atoms with Crippen LogP contribution in [0.4, 0.5) is 5.69 Å². The first-order valence-corrected chi connectivity index (χ1v) is 8.96. The maximum atomic E-state index is 13.0. The molecule has 4 rings (SSSR count). The van der Waals surface area contributed by atoms with Crippen LogP contribution >= 0.6 is 11.8 Å². The smallest absolute Gasteiger partial charge is 0.284 e. The molecule has 1 aliphatic rings. The summed E-state index contributed by atoms with van der Waals surface area (Å²) in [6, 6.07) is 11.7. The zero-order chi connectivity index (χ0) is 17.4. The van der Waals surface area contributed by atoms with Crippen LogP contribution in [0.15, 0.2) is 56.7 Å². The third-order valence-corrected chi connectivity index (χ3v) is 5.13. The summed E-state index contributed by atoms with van der Waals surface area (Å²) in [5.41, 5.74) is 2.20. The monoisotopic (exact) mass is 355 g/mol. The molecule has 0 radical (unpaired) electrons. The number of hydrogen-bond acceptors (Lipinski definition) is 6. The van der Waals surface area contributed by atoms with Gasteiger partial charge in [-0.1, -0.05) is 30.0 Å². The predicted octanol–water partition coefficient (Wildman–Crippen LogP) is 3.79. The molecule has 128 valence electrons. The first-order valence-electron chi connectivity index (χ1n) is 8.08. The van der Waals surface area contributed by atoms with Crippen LogP contribution in [0.3, 0.4) is 0 Å². The third-order valence-electron chi connectivity index (χ3n) is 4.21. The number of anilines is 1. The molecule has 2 atom stereocenters. The Kier molecular flexibility index (Phi) is 4.09. The Morgan fingerprint density at radius 1 is 1.28 bits per heavy atom. The molecule has 3 heterocycles. The van der Waals surface area contributed by atoms with Gasteiger partial charge in [0.2, 0.25) is 5.91 Å². The number of amides is 1. The van der Waals surface area contributed by atoms with Crippen LogP contribution in [0.2, 0.25) is 0 Å². The Labute approximate surface area is 149 Å². The Balaban J connectivity index is 1.50. The molecule has 7 heteroatoms. The van der Waals surface area contributed by atoms with Gasteiger partial charge in [0.1, 0.15) is 0 Å². The van der Waals surface area contributed by atoms with Crippen molar-refractivity contribution in [1.29, 1.82) is 0 Å². The first-order chi connectivity index (χ1) is 12.1. The molecule has 0 spiro atoms. The van der Waals surface area contributed by atoms with Gasteiger partial charge in [-0.3, -0.25) is 4.79 Å². The highest BCUT2D eigenvalue weighted by Crippen LogP contribution is 2.35. The van der Waals surface area contributed by atoms with Crippen molar-refractivity contribution in [3.8, 4) is 11.7 Å². The maximum absolute atomic E-state index is 13.0. The largest absolute Gasteiger partial charge is 0.459 e. The number of thioether (sulfide) groups is 1. The van der Waals surface area contributed by atoms with E-state index in [1.807, 2.05) is 30.0 Å². The number of nitrogens with zero attached hydrogens (tertiary/aromatic N) is 3. The average Bonchev–Trinajstić information content (AvgIpc) is 3.32. The SMILES string of the molecule is C[C@H](Sc1nnc(-c2ccco2)o1)C(=O)N1c2ccccc2C[C@H]1C. The number of carbonyl (C=O) groups excluding carboxylic acids is 1. The molecular formula is C18H17N3O3S. The van der Waals surface area contributed by atoms with Crippen molar-refractivity contribution in [2.45, 2.75) is 36.8 Å². The van der Waals surface area contributed by atoms with E-state index >= 15 is 0 Å². The van der Waals surface area contributed by atoms with Crippen LogP contribution in [0.1, 0.15) is 19.4 Å². The van der Waals surface area contributed by atoms with Crippen LogP contribution in [-0.4, -0.2) is 27.4 Å². The van der Waals surface area contributed by atoms with E-state index in [0.29, 0.717) is 16.9 Å². The van der Waals surface area contributed by atoms with Gasteiger partial charge in [-0.05, 0) is 44.0 Å². The van der Waals surface area contributed by atoms with E-state index in [1.165, 1.54) is 17.3 Å². The normalized spacial score (nSPS) is 17.5. The summed E-state index contributed by atoms with van der Waals surface area (Å²) in [6.45, 7) is 3.93. The van der Waals surface area contributed by atoms with Crippen LogP contribution in [0, 0.1) is 0 Å².